The predicted molar refractivity (Wildman–Crippen MR) is 120 cm³/mol. The maximum Gasteiger partial charge on any atom is 0.221 e. The van der Waals surface area contributed by atoms with E-state index in [1.54, 1.807) is 0 Å². The summed E-state index contributed by atoms with van der Waals surface area (Å²) in [5, 5.41) is 9.39. The number of benzene rings is 1. The first-order valence-corrected chi connectivity index (χ1v) is 9.12. The number of guanidine groups is 1. The first kappa shape index (κ1) is 24.7. The summed E-state index contributed by atoms with van der Waals surface area (Å²) in [6.07, 6.45) is 2.97. The van der Waals surface area contributed by atoms with Gasteiger partial charge in [-0.05, 0) is 50.8 Å². The second kappa shape index (κ2) is 15.9. The number of nitrogens with one attached hydrogen (secondary N) is 3. The standard InChI is InChI=1S/C19H32N4O2.HI/c1-4-20-19(21-13-6-7-15-25-5-2)22-14-12-17-8-10-18(11-9-17)23-16(3)24;/h8-11H,4-7,12-15H2,1-3H3,(H,23,24)(H2,20,21,22);1H. The van der Waals surface area contributed by atoms with E-state index in [-0.39, 0.29) is 29.9 Å². The molecule has 26 heavy (non-hydrogen) atoms. The number of carbonyl (C=O) groups is 1. The molecule has 0 unspecified atom stereocenters. The Bertz CT molecular complexity index is 521. The lowest BCUT2D eigenvalue weighted by Gasteiger charge is -2.11. The molecule has 0 aliphatic heterocycles. The van der Waals surface area contributed by atoms with Gasteiger partial charge in [0.2, 0.25) is 5.91 Å². The van der Waals surface area contributed by atoms with E-state index in [1.165, 1.54) is 12.5 Å². The molecule has 0 spiro atoms. The van der Waals surface area contributed by atoms with Gasteiger partial charge in [0.1, 0.15) is 0 Å². The number of hydrogen-bond donors (Lipinski definition) is 3. The van der Waals surface area contributed by atoms with Crippen molar-refractivity contribution in [2.75, 3.05) is 38.2 Å². The van der Waals surface area contributed by atoms with Crippen LogP contribution < -0.4 is 16.0 Å². The normalized spacial score (nSPS) is 10.8. The van der Waals surface area contributed by atoms with E-state index in [9.17, 15) is 4.79 Å². The van der Waals surface area contributed by atoms with Crippen LogP contribution in [0.5, 0.6) is 0 Å². The number of unbranched alkanes of at least 4 members (excludes halogenated alkanes) is 1. The van der Waals surface area contributed by atoms with Gasteiger partial charge in [0.05, 0.1) is 0 Å². The lowest BCUT2D eigenvalue weighted by Crippen LogP contribution is -2.38. The zero-order chi connectivity index (χ0) is 18.3. The molecule has 6 nitrogen and oxygen atoms in total. The highest BCUT2D eigenvalue weighted by atomic mass is 127. The summed E-state index contributed by atoms with van der Waals surface area (Å²) in [6.45, 7) is 9.63. The average Bonchev–Trinajstić information content (AvgIpc) is 2.59. The van der Waals surface area contributed by atoms with Gasteiger partial charge in [0, 0.05) is 45.5 Å². The van der Waals surface area contributed by atoms with Crippen LogP contribution in [0.25, 0.3) is 0 Å². The minimum atomic E-state index is -0.0535. The van der Waals surface area contributed by atoms with Crippen LogP contribution >= 0.6 is 24.0 Å². The number of hydrogen-bond acceptors (Lipinski definition) is 3. The summed E-state index contributed by atoms with van der Waals surface area (Å²) in [6, 6.07) is 7.91. The molecule has 0 saturated heterocycles. The number of aliphatic imine (C=N–C) groups is 1. The van der Waals surface area contributed by atoms with Crippen molar-refractivity contribution in [2.45, 2.75) is 40.0 Å². The van der Waals surface area contributed by atoms with Crippen molar-refractivity contribution in [3.05, 3.63) is 29.8 Å². The van der Waals surface area contributed by atoms with Crippen molar-refractivity contribution in [3.63, 3.8) is 0 Å². The van der Waals surface area contributed by atoms with Gasteiger partial charge in [0.15, 0.2) is 5.96 Å². The second-order valence-corrected chi connectivity index (χ2v) is 5.72. The Balaban J connectivity index is 0.00000625. The third-order valence-corrected chi connectivity index (χ3v) is 3.50. The molecule has 1 aromatic carbocycles. The first-order valence-electron chi connectivity index (χ1n) is 9.12. The third kappa shape index (κ3) is 12.1. The Labute approximate surface area is 174 Å². The van der Waals surface area contributed by atoms with Gasteiger partial charge in [-0.3, -0.25) is 9.79 Å². The Hall–Kier alpha value is -1.35. The molecule has 1 aromatic rings. The van der Waals surface area contributed by atoms with Gasteiger partial charge < -0.3 is 20.7 Å². The van der Waals surface area contributed by atoms with Crippen molar-refractivity contribution in [1.29, 1.82) is 0 Å². The second-order valence-electron chi connectivity index (χ2n) is 5.72. The molecule has 0 radical (unpaired) electrons. The SMILES string of the molecule is CCNC(=NCCCCOCC)NCCc1ccc(NC(C)=O)cc1.I. The average molecular weight is 476 g/mol. The van der Waals surface area contributed by atoms with Gasteiger partial charge in [-0.1, -0.05) is 12.1 Å². The topological polar surface area (TPSA) is 74.8 Å². The fourth-order valence-electron chi connectivity index (χ4n) is 2.28. The van der Waals surface area contributed by atoms with E-state index in [4.69, 9.17) is 4.74 Å². The molecule has 0 fully saturated rings. The van der Waals surface area contributed by atoms with Crippen molar-refractivity contribution in [3.8, 4) is 0 Å². The number of carbonyl (C=O) groups excluding carboxylic acids is 1. The van der Waals surface area contributed by atoms with Crippen LogP contribution in [0.3, 0.4) is 0 Å². The molecular formula is C19H33IN4O2. The van der Waals surface area contributed by atoms with Crippen molar-refractivity contribution < 1.29 is 9.53 Å². The lowest BCUT2D eigenvalue weighted by atomic mass is 10.1. The minimum absolute atomic E-state index is 0. The molecule has 3 N–H and O–H groups in total. The molecule has 0 atom stereocenters. The van der Waals surface area contributed by atoms with E-state index in [0.717, 1.165) is 63.8 Å². The zero-order valence-corrected chi connectivity index (χ0v) is 18.5. The van der Waals surface area contributed by atoms with Crippen LogP contribution in [-0.2, 0) is 16.0 Å². The highest BCUT2D eigenvalue weighted by molar-refractivity contribution is 14.0. The van der Waals surface area contributed by atoms with E-state index in [2.05, 4.69) is 27.9 Å². The summed E-state index contributed by atoms with van der Waals surface area (Å²) < 4.78 is 5.33. The Morgan fingerprint density at radius 2 is 1.85 bits per heavy atom. The van der Waals surface area contributed by atoms with Crippen LogP contribution in [0.15, 0.2) is 29.3 Å². The molecule has 0 aliphatic rings. The monoisotopic (exact) mass is 476 g/mol. The molecule has 7 heteroatoms. The van der Waals surface area contributed by atoms with Crippen LogP contribution in [-0.4, -0.2) is 44.7 Å². The number of anilines is 1. The van der Waals surface area contributed by atoms with Crippen LogP contribution in [0.4, 0.5) is 5.69 Å². The van der Waals surface area contributed by atoms with Crippen molar-refractivity contribution in [2.24, 2.45) is 4.99 Å². The zero-order valence-electron chi connectivity index (χ0n) is 16.1. The van der Waals surface area contributed by atoms with Crippen LogP contribution in [0.2, 0.25) is 0 Å². The van der Waals surface area contributed by atoms with Gasteiger partial charge in [-0.2, -0.15) is 0 Å². The van der Waals surface area contributed by atoms with Crippen LogP contribution in [0.1, 0.15) is 39.2 Å². The summed E-state index contributed by atoms with van der Waals surface area (Å²) in [5.74, 6) is 0.802. The molecule has 0 heterocycles. The Morgan fingerprint density at radius 3 is 2.46 bits per heavy atom. The molecule has 1 rings (SSSR count). The van der Waals surface area contributed by atoms with E-state index >= 15 is 0 Å². The third-order valence-electron chi connectivity index (χ3n) is 3.50. The quantitative estimate of drug-likeness (QED) is 0.199. The summed E-state index contributed by atoms with van der Waals surface area (Å²) in [4.78, 5) is 15.6. The number of ether oxygens (including phenoxy) is 1. The summed E-state index contributed by atoms with van der Waals surface area (Å²) in [5.41, 5.74) is 2.04. The van der Waals surface area contributed by atoms with E-state index < -0.39 is 0 Å². The molecular weight excluding hydrogens is 443 g/mol. The first-order chi connectivity index (χ1) is 12.2. The molecule has 1 amide bonds. The molecule has 0 saturated carbocycles. The fourth-order valence-corrected chi connectivity index (χ4v) is 2.28. The van der Waals surface area contributed by atoms with E-state index in [1.807, 2.05) is 31.2 Å². The highest BCUT2D eigenvalue weighted by Gasteiger charge is 1.99. The van der Waals surface area contributed by atoms with E-state index in [0.29, 0.717) is 0 Å². The number of rotatable bonds is 11. The fraction of sp³-hybridized carbons (Fsp3) is 0.579. The molecule has 148 valence electrons. The lowest BCUT2D eigenvalue weighted by molar-refractivity contribution is -0.114. The molecule has 0 bridgehead atoms. The number of amides is 1. The molecule has 0 aliphatic carbocycles. The minimum Gasteiger partial charge on any atom is -0.382 e. The van der Waals surface area contributed by atoms with Crippen LogP contribution in [0, 0.1) is 0 Å². The summed E-state index contributed by atoms with van der Waals surface area (Å²) >= 11 is 0. The predicted octanol–water partition coefficient (Wildman–Crippen LogP) is 3.18. The molecule has 0 aromatic heterocycles. The highest BCUT2D eigenvalue weighted by Crippen LogP contribution is 2.09. The van der Waals surface area contributed by atoms with Crippen molar-refractivity contribution in [1.82, 2.24) is 10.6 Å². The smallest absolute Gasteiger partial charge is 0.221 e. The Morgan fingerprint density at radius 1 is 1.12 bits per heavy atom. The number of nitrogens with zero attached hydrogens (tertiary/aromatic N) is 1. The summed E-state index contributed by atoms with van der Waals surface area (Å²) in [7, 11) is 0. The van der Waals surface area contributed by atoms with Gasteiger partial charge >= 0.3 is 0 Å². The van der Waals surface area contributed by atoms with Crippen molar-refractivity contribution >= 4 is 41.5 Å². The van der Waals surface area contributed by atoms with Gasteiger partial charge in [-0.25, -0.2) is 0 Å². The number of halogens is 1. The Kier molecular flexibility index (Phi) is 15.0. The maximum atomic E-state index is 11.0. The van der Waals surface area contributed by atoms with Gasteiger partial charge in [-0.15, -0.1) is 24.0 Å². The maximum absolute atomic E-state index is 11.0. The van der Waals surface area contributed by atoms with Gasteiger partial charge in [0.25, 0.3) is 0 Å². The largest absolute Gasteiger partial charge is 0.382 e.